The monoisotopic (exact) mass is 328 g/mol. The van der Waals surface area contributed by atoms with Gasteiger partial charge in [0.15, 0.2) is 0 Å². The summed E-state index contributed by atoms with van der Waals surface area (Å²) in [6.07, 6.45) is -0.647. The van der Waals surface area contributed by atoms with Crippen molar-refractivity contribution in [3.8, 4) is 0 Å². The second-order valence-corrected chi connectivity index (χ2v) is 5.88. The Hall–Kier alpha value is -2.49. The number of carbonyl (C=O) groups is 5. The number of rotatable bonds is 0. The number of nitrogens with zero attached hydrogens (tertiary/aromatic N) is 1. The highest BCUT2D eigenvalue weighted by atomic mass is 16.6. The molecule has 2 rings (SSSR count). The van der Waals surface area contributed by atoms with Crippen LogP contribution in [0.25, 0.3) is 0 Å². The lowest BCUT2D eigenvalue weighted by molar-refractivity contribution is -0.136. The molecule has 2 fully saturated rings. The molecule has 0 aliphatic carbocycles. The van der Waals surface area contributed by atoms with Crippen molar-refractivity contribution in [3.63, 3.8) is 0 Å². The van der Waals surface area contributed by atoms with Gasteiger partial charge in [0.2, 0.25) is 23.6 Å². The van der Waals surface area contributed by atoms with Gasteiger partial charge in [-0.3, -0.25) is 40.0 Å². The first-order valence-electron chi connectivity index (χ1n) is 6.91. The van der Waals surface area contributed by atoms with Crippen LogP contribution in [0, 0.1) is 0 Å². The average Bonchev–Trinajstić information content (AvgIpc) is 2.35. The molecule has 0 aromatic carbocycles. The van der Waals surface area contributed by atoms with E-state index >= 15 is 0 Å². The molecule has 2 aliphatic heterocycles. The van der Waals surface area contributed by atoms with E-state index in [0.29, 0.717) is 0 Å². The van der Waals surface area contributed by atoms with E-state index in [1.54, 1.807) is 20.8 Å². The fourth-order valence-electron chi connectivity index (χ4n) is 1.63. The van der Waals surface area contributed by atoms with E-state index in [9.17, 15) is 24.0 Å². The first-order valence-corrected chi connectivity index (χ1v) is 6.91. The van der Waals surface area contributed by atoms with E-state index in [1.807, 2.05) is 0 Å². The van der Waals surface area contributed by atoms with E-state index in [1.165, 1.54) is 0 Å². The normalized spacial score (nSPS) is 18.5. The van der Waals surface area contributed by atoms with Crippen LogP contribution in [0.4, 0.5) is 4.79 Å². The largest absolute Gasteiger partial charge is 0.444 e. The van der Waals surface area contributed by atoms with Gasteiger partial charge in [0.1, 0.15) is 18.7 Å². The molecule has 0 bridgehead atoms. The average molecular weight is 328 g/mol. The lowest BCUT2D eigenvalue weighted by atomic mass is 10.2. The van der Waals surface area contributed by atoms with Crippen LogP contribution in [-0.4, -0.2) is 66.4 Å². The van der Waals surface area contributed by atoms with Crippen LogP contribution in [0.2, 0.25) is 0 Å². The van der Waals surface area contributed by atoms with E-state index in [-0.39, 0.29) is 38.0 Å². The minimum Gasteiger partial charge on any atom is -0.444 e. The fraction of sp³-hybridized carbons (Fsp3) is 0.615. The number of amides is 5. The second kappa shape index (κ2) is 7.68. The number of hydrogen-bond donors (Lipinski definition) is 3. The molecule has 128 valence electrons. The Labute approximate surface area is 132 Å². The highest BCUT2D eigenvalue weighted by Crippen LogP contribution is 2.10. The Bertz CT molecular complexity index is 495. The molecule has 10 heteroatoms. The van der Waals surface area contributed by atoms with Crippen molar-refractivity contribution in [2.45, 2.75) is 26.4 Å². The number of hydrogen-bond acceptors (Lipinski definition) is 7. The fourth-order valence-corrected chi connectivity index (χ4v) is 1.63. The van der Waals surface area contributed by atoms with Crippen molar-refractivity contribution < 1.29 is 28.7 Å². The van der Waals surface area contributed by atoms with Gasteiger partial charge in [-0.15, -0.1) is 0 Å². The van der Waals surface area contributed by atoms with Crippen LogP contribution < -0.4 is 16.0 Å². The standard InChI is InChI=1S/C9H14N2O4.C4H6N2O2/c1-9(2,3)15-8(14)11-4-6(12)10-7(13)5-11;7-3-1-5-2-4(8)6-3/h4-5H2,1-3H3,(H,10,12,13);5H,1-2H2,(H,6,7,8). The molecule has 0 aromatic heterocycles. The molecule has 0 radical (unpaired) electrons. The highest BCUT2D eigenvalue weighted by Gasteiger charge is 2.29. The van der Waals surface area contributed by atoms with E-state index in [2.05, 4.69) is 16.0 Å². The van der Waals surface area contributed by atoms with Gasteiger partial charge in [-0.1, -0.05) is 0 Å². The number of ether oxygens (including phenoxy) is 1. The molecule has 2 saturated heterocycles. The summed E-state index contributed by atoms with van der Waals surface area (Å²) in [5, 5.41) is 6.86. The van der Waals surface area contributed by atoms with Gasteiger partial charge < -0.3 is 4.74 Å². The maximum atomic E-state index is 11.5. The Morgan fingerprint density at radius 3 is 1.70 bits per heavy atom. The first-order chi connectivity index (χ1) is 10.6. The van der Waals surface area contributed by atoms with Gasteiger partial charge in [-0.25, -0.2) is 4.79 Å². The van der Waals surface area contributed by atoms with Crippen LogP contribution in [0.5, 0.6) is 0 Å². The van der Waals surface area contributed by atoms with E-state index in [4.69, 9.17) is 4.74 Å². The van der Waals surface area contributed by atoms with Crippen LogP contribution in [0.3, 0.4) is 0 Å². The van der Waals surface area contributed by atoms with Gasteiger partial charge in [-0.2, -0.15) is 0 Å². The molecule has 3 N–H and O–H groups in total. The van der Waals surface area contributed by atoms with Crippen molar-refractivity contribution in [2.75, 3.05) is 26.2 Å². The van der Waals surface area contributed by atoms with Crippen LogP contribution in [0.1, 0.15) is 20.8 Å². The van der Waals surface area contributed by atoms with Crippen molar-refractivity contribution >= 4 is 29.7 Å². The van der Waals surface area contributed by atoms with Gasteiger partial charge in [0.25, 0.3) is 0 Å². The zero-order valence-corrected chi connectivity index (χ0v) is 13.2. The summed E-state index contributed by atoms with van der Waals surface area (Å²) in [6.45, 7) is 5.39. The predicted molar refractivity (Wildman–Crippen MR) is 77.0 cm³/mol. The number of imide groups is 2. The summed E-state index contributed by atoms with van der Waals surface area (Å²) in [5.74, 6) is -1.48. The maximum absolute atomic E-state index is 11.5. The molecular formula is C13H20N4O6. The van der Waals surface area contributed by atoms with Gasteiger partial charge in [0.05, 0.1) is 13.1 Å². The zero-order valence-electron chi connectivity index (χ0n) is 13.2. The highest BCUT2D eigenvalue weighted by molar-refractivity contribution is 6.01. The smallest absolute Gasteiger partial charge is 0.411 e. The summed E-state index contributed by atoms with van der Waals surface area (Å²) in [4.78, 5) is 55.1. The Morgan fingerprint density at radius 2 is 1.35 bits per heavy atom. The second-order valence-electron chi connectivity index (χ2n) is 5.88. The number of nitrogens with one attached hydrogen (secondary N) is 3. The maximum Gasteiger partial charge on any atom is 0.411 e. The molecule has 5 amide bonds. The third-order valence-electron chi connectivity index (χ3n) is 2.45. The van der Waals surface area contributed by atoms with Crippen molar-refractivity contribution in [1.29, 1.82) is 0 Å². The van der Waals surface area contributed by atoms with E-state index < -0.39 is 23.5 Å². The Morgan fingerprint density at radius 1 is 0.913 bits per heavy atom. The van der Waals surface area contributed by atoms with Crippen LogP contribution >= 0.6 is 0 Å². The molecule has 0 atom stereocenters. The van der Waals surface area contributed by atoms with Gasteiger partial charge in [0, 0.05) is 0 Å². The zero-order chi connectivity index (χ0) is 17.6. The summed E-state index contributed by atoms with van der Waals surface area (Å²) in [5.41, 5.74) is -0.631. The molecule has 10 nitrogen and oxygen atoms in total. The minimum absolute atomic E-state index is 0.138. The minimum atomic E-state index is -0.647. The number of carbonyl (C=O) groups excluding carboxylic acids is 5. The van der Waals surface area contributed by atoms with Crippen molar-refractivity contribution in [1.82, 2.24) is 20.9 Å². The topological polar surface area (TPSA) is 134 Å². The molecule has 23 heavy (non-hydrogen) atoms. The van der Waals surface area contributed by atoms with Crippen LogP contribution in [-0.2, 0) is 23.9 Å². The van der Waals surface area contributed by atoms with Crippen molar-refractivity contribution in [2.24, 2.45) is 0 Å². The Balaban J connectivity index is 0.000000277. The van der Waals surface area contributed by atoms with Crippen molar-refractivity contribution in [3.05, 3.63) is 0 Å². The van der Waals surface area contributed by atoms with Gasteiger partial charge in [-0.05, 0) is 20.8 Å². The SMILES string of the molecule is CC(C)(C)OC(=O)N1CC(=O)NC(=O)C1.O=C1CNCC(=O)N1. The quantitative estimate of drug-likeness (QED) is 0.443. The molecule has 0 saturated carbocycles. The lowest BCUT2D eigenvalue weighted by Crippen LogP contribution is -2.54. The Kier molecular flexibility index (Phi) is 6.19. The number of piperazine rings is 2. The van der Waals surface area contributed by atoms with E-state index in [0.717, 1.165) is 4.90 Å². The molecule has 2 heterocycles. The van der Waals surface area contributed by atoms with Crippen LogP contribution in [0.15, 0.2) is 0 Å². The molecule has 0 aromatic rings. The predicted octanol–water partition coefficient (Wildman–Crippen LogP) is -1.89. The molecular weight excluding hydrogens is 308 g/mol. The summed E-state index contributed by atoms with van der Waals surface area (Å²) in [6, 6.07) is 0. The summed E-state index contributed by atoms with van der Waals surface area (Å²) < 4.78 is 5.03. The summed E-state index contributed by atoms with van der Waals surface area (Å²) >= 11 is 0. The first kappa shape index (κ1) is 18.6. The lowest BCUT2D eigenvalue weighted by Gasteiger charge is -2.28. The third-order valence-corrected chi connectivity index (χ3v) is 2.45. The molecule has 0 spiro atoms. The third kappa shape index (κ3) is 7.36. The molecule has 0 unspecified atom stereocenters. The summed E-state index contributed by atoms with van der Waals surface area (Å²) in [7, 11) is 0. The molecule has 2 aliphatic rings. The van der Waals surface area contributed by atoms with Gasteiger partial charge >= 0.3 is 6.09 Å².